The lowest BCUT2D eigenvalue weighted by atomic mass is 10.4. The third kappa shape index (κ3) is 2.86. The predicted molar refractivity (Wildman–Crippen MR) is 66.9 cm³/mol. The van der Waals surface area contributed by atoms with Gasteiger partial charge in [-0.05, 0) is 27.1 Å². The summed E-state index contributed by atoms with van der Waals surface area (Å²) < 4.78 is 0. The molecule has 0 aliphatic heterocycles. The van der Waals surface area contributed by atoms with Gasteiger partial charge in [-0.2, -0.15) is 0 Å². The van der Waals surface area contributed by atoms with Gasteiger partial charge in [0.05, 0.1) is 6.20 Å². The minimum atomic E-state index is 0.864. The Hall–Kier alpha value is -1.27. The highest BCUT2D eigenvalue weighted by Gasteiger charge is 2.03. The van der Waals surface area contributed by atoms with E-state index in [-0.39, 0.29) is 0 Å². The Morgan fingerprint density at radius 2 is 2.31 bits per heavy atom. The molecule has 0 amide bonds. The molecule has 0 radical (unpaired) electrons. The summed E-state index contributed by atoms with van der Waals surface area (Å²) in [6.45, 7) is 2.02. The Labute approximate surface area is 98.5 Å². The molecule has 0 saturated heterocycles. The van der Waals surface area contributed by atoms with Crippen molar-refractivity contribution in [3.8, 4) is 0 Å². The van der Waals surface area contributed by atoms with Crippen LogP contribution in [0.1, 0.15) is 6.42 Å². The molecule has 2 heterocycles. The standard InChI is InChI=1S/C10H15N5S/c1-15(2)5-3-4-12-10-14-8-6-11-7-13-9(8)16-10/h6-7H,3-5H2,1-2H3,(H,12,14). The molecule has 2 aromatic rings. The van der Waals surface area contributed by atoms with Gasteiger partial charge in [0.1, 0.15) is 16.7 Å². The van der Waals surface area contributed by atoms with Crippen molar-refractivity contribution in [2.75, 3.05) is 32.5 Å². The second kappa shape index (κ2) is 5.18. The first-order valence-corrected chi connectivity index (χ1v) is 6.02. The highest BCUT2D eigenvalue weighted by atomic mass is 32.1. The van der Waals surface area contributed by atoms with E-state index < -0.39 is 0 Å². The summed E-state index contributed by atoms with van der Waals surface area (Å²) in [5.74, 6) is 0. The second-order valence-corrected chi connectivity index (χ2v) is 4.79. The van der Waals surface area contributed by atoms with Crippen LogP contribution in [0.25, 0.3) is 10.3 Å². The minimum Gasteiger partial charge on any atom is -0.361 e. The van der Waals surface area contributed by atoms with Crippen LogP contribution in [0.5, 0.6) is 0 Å². The van der Waals surface area contributed by atoms with Crippen molar-refractivity contribution in [2.24, 2.45) is 0 Å². The molecule has 86 valence electrons. The van der Waals surface area contributed by atoms with Crippen LogP contribution in [-0.4, -0.2) is 47.0 Å². The van der Waals surface area contributed by atoms with Crippen molar-refractivity contribution < 1.29 is 0 Å². The van der Waals surface area contributed by atoms with Gasteiger partial charge in [-0.3, -0.25) is 0 Å². The zero-order valence-electron chi connectivity index (χ0n) is 9.47. The van der Waals surface area contributed by atoms with Crippen molar-refractivity contribution >= 4 is 26.8 Å². The number of nitrogens with one attached hydrogen (secondary N) is 1. The first kappa shape index (κ1) is 11.2. The Bertz CT molecular complexity index is 420. The van der Waals surface area contributed by atoms with Gasteiger partial charge >= 0.3 is 0 Å². The molecule has 0 saturated carbocycles. The fourth-order valence-corrected chi connectivity index (χ4v) is 2.16. The maximum Gasteiger partial charge on any atom is 0.185 e. The molecule has 0 spiro atoms. The Morgan fingerprint density at radius 3 is 3.06 bits per heavy atom. The highest BCUT2D eigenvalue weighted by molar-refractivity contribution is 7.21. The molecule has 0 aliphatic carbocycles. The van der Waals surface area contributed by atoms with E-state index in [4.69, 9.17) is 0 Å². The zero-order chi connectivity index (χ0) is 11.4. The lowest BCUT2D eigenvalue weighted by Gasteiger charge is -2.08. The quantitative estimate of drug-likeness (QED) is 0.798. The molecular weight excluding hydrogens is 222 g/mol. The van der Waals surface area contributed by atoms with Gasteiger partial charge < -0.3 is 10.2 Å². The summed E-state index contributed by atoms with van der Waals surface area (Å²) in [7, 11) is 4.15. The molecule has 0 fully saturated rings. The second-order valence-electron chi connectivity index (χ2n) is 3.82. The Kier molecular flexibility index (Phi) is 3.63. The van der Waals surface area contributed by atoms with Crippen LogP contribution in [0, 0.1) is 0 Å². The monoisotopic (exact) mass is 237 g/mol. The Balaban J connectivity index is 1.89. The largest absolute Gasteiger partial charge is 0.361 e. The normalized spacial score (nSPS) is 11.2. The molecule has 1 N–H and O–H groups in total. The van der Waals surface area contributed by atoms with E-state index in [1.165, 1.54) is 0 Å². The molecule has 0 unspecified atom stereocenters. The SMILES string of the molecule is CN(C)CCCNc1nc2cncnc2s1. The summed E-state index contributed by atoms with van der Waals surface area (Å²) in [5.41, 5.74) is 0.864. The molecule has 2 aromatic heterocycles. The molecule has 6 heteroatoms. The van der Waals surface area contributed by atoms with Gasteiger partial charge in [0.25, 0.3) is 0 Å². The molecule has 2 rings (SSSR count). The number of fused-ring (bicyclic) bond motifs is 1. The van der Waals surface area contributed by atoms with Crippen LogP contribution < -0.4 is 5.32 Å². The lowest BCUT2D eigenvalue weighted by molar-refractivity contribution is 0.405. The van der Waals surface area contributed by atoms with Gasteiger partial charge in [0, 0.05) is 6.54 Å². The topological polar surface area (TPSA) is 53.9 Å². The summed E-state index contributed by atoms with van der Waals surface area (Å²) in [4.78, 5) is 15.6. The first-order valence-electron chi connectivity index (χ1n) is 5.21. The molecule has 5 nitrogen and oxygen atoms in total. The summed E-state index contributed by atoms with van der Waals surface area (Å²) in [6.07, 6.45) is 4.40. The minimum absolute atomic E-state index is 0.864. The van der Waals surface area contributed by atoms with E-state index in [0.29, 0.717) is 0 Å². The first-order chi connectivity index (χ1) is 7.75. The van der Waals surface area contributed by atoms with Gasteiger partial charge in [-0.1, -0.05) is 11.3 Å². The van der Waals surface area contributed by atoms with Gasteiger partial charge in [-0.15, -0.1) is 0 Å². The number of thiazole rings is 1. The van der Waals surface area contributed by atoms with Crippen LogP contribution in [0.3, 0.4) is 0 Å². The van der Waals surface area contributed by atoms with Gasteiger partial charge in [-0.25, -0.2) is 15.0 Å². The highest BCUT2D eigenvalue weighted by Crippen LogP contribution is 2.22. The van der Waals surface area contributed by atoms with Crippen LogP contribution in [0.4, 0.5) is 5.13 Å². The van der Waals surface area contributed by atoms with Crippen LogP contribution in [0.15, 0.2) is 12.5 Å². The maximum atomic E-state index is 4.40. The zero-order valence-corrected chi connectivity index (χ0v) is 10.3. The lowest BCUT2D eigenvalue weighted by Crippen LogP contribution is -2.16. The van der Waals surface area contributed by atoms with Crippen molar-refractivity contribution in [1.82, 2.24) is 19.9 Å². The third-order valence-corrected chi connectivity index (χ3v) is 3.07. The molecule has 0 aliphatic rings. The number of hydrogen-bond acceptors (Lipinski definition) is 6. The summed E-state index contributed by atoms with van der Waals surface area (Å²) >= 11 is 1.57. The van der Waals surface area contributed by atoms with E-state index in [2.05, 4.69) is 39.3 Å². The van der Waals surface area contributed by atoms with Crippen molar-refractivity contribution in [2.45, 2.75) is 6.42 Å². The van der Waals surface area contributed by atoms with Crippen molar-refractivity contribution in [1.29, 1.82) is 0 Å². The smallest absolute Gasteiger partial charge is 0.185 e. The average molecular weight is 237 g/mol. The third-order valence-electron chi connectivity index (χ3n) is 2.13. The molecule has 0 aromatic carbocycles. The molecule has 0 bridgehead atoms. The fourth-order valence-electron chi connectivity index (χ4n) is 1.36. The van der Waals surface area contributed by atoms with Crippen molar-refractivity contribution in [3.63, 3.8) is 0 Å². The van der Waals surface area contributed by atoms with Crippen LogP contribution in [0.2, 0.25) is 0 Å². The number of hydrogen-bond donors (Lipinski definition) is 1. The van der Waals surface area contributed by atoms with Crippen LogP contribution >= 0.6 is 11.3 Å². The number of aromatic nitrogens is 3. The van der Waals surface area contributed by atoms with E-state index in [1.807, 2.05) is 0 Å². The summed E-state index contributed by atoms with van der Waals surface area (Å²) in [6, 6.07) is 0. The molecular formula is C10H15N5S. The summed E-state index contributed by atoms with van der Waals surface area (Å²) in [5, 5.41) is 4.23. The maximum absolute atomic E-state index is 4.40. The Morgan fingerprint density at radius 1 is 1.44 bits per heavy atom. The van der Waals surface area contributed by atoms with E-state index in [0.717, 1.165) is 35.0 Å². The predicted octanol–water partition coefficient (Wildman–Crippen LogP) is 1.45. The van der Waals surface area contributed by atoms with E-state index >= 15 is 0 Å². The molecule has 16 heavy (non-hydrogen) atoms. The number of rotatable bonds is 5. The molecule has 0 atom stereocenters. The number of anilines is 1. The van der Waals surface area contributed by atoms with E-state index in [1.54, 1.807) is 23.9 Å². The van der Waals surface area contributed by atoms with Gasteiger partial charge in [0.15, 0.2) is 5.13 Å². The average Bonchev–Trinajstić information content (AvgIpc) is 2.66. The fraction of sp³-hybridized carbons (Fsp3) is 0.500. The van der Waals surface area contributed by atoms with Gasteiger partial charge in [0.2, 0.25) is 0 Å². The van der Waals surface area contributed by atoms with Crippen molar-refractivity contribution in [3.05, 3.63) is 12.5 Å². The van der Waals surface area contributed by atoms with Crippen LogP contribution in [-0.2, 0) is 0 Å². The number of nitrogens with zero attached hydrogens (tertiary/aromatic N) is 4. The van der Waals surface area contributed by atoms with E-state index in [9.17, 15) is 0 Å².